The van der Waals surface area contributed by atoms with E-state index >= 15 is 0 Å². The quantitative estimate of drug-likeness (QED) is 0.313. The Morgan fingerprint density at radius 2 is 1.73 bits per heavy atom. The van der Waals surface area contributed by atoms with Gasteiger partial charge in [-0.05, 0) is 56.0 Å². The van der Waals surface area contributed by atoms with Crippen molar-refractivity contribution in [1.82, 2.24) is 14.9 Å². The summed E-state index contributed by atoms with van der Waals surface area (Å²) in [5.74, 6) is 4.82. The van der Waals surface area contributed by atoms with Gasteiger partial charge in [0.15, 0.2) is 0 Å². The molecule has 41 heavy (non-hydrogen) atoms. The molecule has 1 fully saturated rings. The molecule has 11 heteroatoms. The second-order valence-corrected chi connectivity index (χ2v) is 10.4. The molecule has 3 aromatic rings. The van der Waals surface area contributed by atoms with Crippen LogP contribution in [0.1, 0.15) is 54.6 Å². The Hall–Kier alpha value is -4.59. The number of hydrogen-bond donors (Lipinski definition) is 1. The predicted molar refractivity (Wildman–Crippen MR) is 145 cm³/mol. The van der Waals surface area contributed by atoms with Crippen LogP contribution in [0.4, 0.5) is 29.6 Å². The third-order valence-electron chi connectivity index (χ3n) is 6.16. The number of rotatable bonds is 5. The molecule has 0 unspecified atom stereocenters. The van der Waals surface area contributed by atoms with E-state index < -0.39 is 29.0 Å². The zero-order valence-corrected chi connectivity index (χ0v) is 23.0. The van der Waals surface area contributed by atoms with Crippen molar-refractivity contribution in [3.63, 3.8) is 0 Å². The summed E-state index contributed by atoms with van der Waals surface area (Å²) in [5, 5.41) is 2.92. The lowest BCUT2D eigenvalue weighted by atomic mass is 9.92. The van der Waals surface area contributed by atoms with Crippen LogP contribution in [0, 0.1) is 11.8 Å². The van der Waals surface area contributed by atoms with Gasteiger partial charge in [-0.25, -0.2) is 14.8 Å². The van der Waals surface area contributed by atoms with Crippen LogP contribution >= 0.6 is 0 Å². The van der Waals surface area contributed by atoms with Crippen molar-refractivity contribution in [1.29, 1.82) is 0 Å². The zero-order valence-electron chi connectivity index (χ0n) is 23.0. The van der Waals surface area contributed by atoms with E-state index in [0.717, 1.165) is 5.56 Å². The molecule has 214 valence electrons. The van der Waals surface area contributed by atoms with E-state index in [4.69, 9.17) is 4.74 Å². The number of esters is 1. The number of alkyl halides is 3. The molecule has 4 rings (SSSR count). The maximum Gasteiger partial charge on any atom is 0.420 e. The van der Waals surface area contributed by atoms with Gasteiger partial charge in [-0.3, -0.25) is 4.79 Å². The molecular weight excluding hydrogens is 537 g/mol. The first-order valence-electron chi connectivity index (χ1n) is 12.8. The number of benzene rings is 2. The van der Waals surface area contributed by atoms with Crippen molar-refractivity contribution in [2.75, 3.05) is 25.5 Å². The van der Waals surface area contributed by atoms with Crippen LogP contribution in [0.3, 0.4) is 0 Å². The van der Waals surface area contributed by atoms with Crippen LogP contribution in [0.5, 0.6) is 0 Å². The van der Waals surface area contributed by atoms with E-state index in [9.17, 15) is 22.8 Å². The number of carbonyl (C=O) groups is 2. The van der Waals surface area contributed by atoms with Crippen molar-refractivity contribution in [3.05, 3.63) is 82.7 Å². The second kappa shape index (κ2) is 11.9. The van der Waals surface area contributed by atoms with Gasteiger partial charge in [0.2, 0.25) is 5.95 Å². The molecule has 0 aliphatic carbocycles. The third kappa shape index (κ3) is 7.75. The Morgan fingerprint density at radius 3 is 2.37 bits per heavy atom. The summed E-state index contributed by atoms with van der Waals surface area (Å²) in [4.78, 5) is 33.4. The van der Waals surface area contributed by atoms with Crippen molar-refractivity contribution in [3.8, 4) is 11.8 Å². The summed E-state index contributed by atoms with van der Waals surface area (Å²) < 4.78 is 51.1. The highest BCUT2D eigenvalue weighted by atomic mass is 19.4. The summed E-state index contributed by atoms with van der Waals surface area (Å²) in [5.41, 5.74) is 0.354. The minimum atomic E-state index is -4.72. The molecule has 1 aliphatic heterocycles. The van der Waals surface area contributed by atoms with Gasteiger partial charge in [0.1, 0.15) is 16.9 Å². The van der Waals surface area contributed by atoms with Crippen LogP contribution in [-0.2, 0) is 26.9 Å². The van der Waals surface area contributed by atoms with Crippen LogP contribution in [0.25, 0.3) is 0 Å². The first kappa shape index (κ1) is 29.4. The predicted octanol–water partition coefficient (Wildman–Crippen LogP) is 5.69. The first-order chi connectivity index (χ1) is 19.3. The molecule has 0 spiro atoms. The Labute approximate surface area is 235 Å². The molecular formula is C30H29F3N4O4. The number of anilines is 2. The summed E-state index contributed by atoms with van der Waals surface area (Å²) in [6.45, 7) is 6.52. The number of carbonyl (C=O) groups excluding carboxylic acids is 2. The van der Waals surface area contributed by atoms with Gasteiger partial charge in [-0.2, -0.15) is 13.2 Å². The largest absolute Gasteiger partial charge is 0.469 e. The standard InChI is InChI=1S/C30H29F3N4O4/c1-29(2,3)41-28(39)37-17-22(18-37)20-9-12-23(13-10-20)35-27-34-16-24(30(31,32)33)25(36-27)14-11-19-7-5-6-8-21(19)15-26(38)40-4/h5-10,12-13,16,22H,15,17-18H2,1-4H3,(H,34,35,36). The number of halogens is 3. The average molecular weight is 567 g/mol. The van der Waals surface area contributed by atoms with Crippen molar-refractivity contribution < 1.29 is 32.2 Å². The zero-order chi connectivity index (χ0) is 29.8. The summed E-state index contributed by atoms with van der Waals surface area (Å²) in [6, 6.07) is 13.9. The second-order valence-electron chi connectivity index (χ2n) is 10.4. The molecule has 0 bridgehead atoms. The number of nitrogens with zero attached hydrogens (tertiary/aromatic N) is 3. The lowest BCUT2D eigenvalue weighted by Gasteiger charge is -2.40. The molecule has 1 N–H and O–H groups in total. The molecule has 0 saturated carbocycles. The van der Waals surface area contributed by atoms with Crippen LogP contribution < -0.4 is 5.32 Å². The lowest BCUT2D eigenvalue weighted by Crippen LogP contribution is -2.50. The van der Waals surface area contributed by atoms with E-state index in [1.54, 1.807) is 41.3 Å². The summed E-state index contributed by atoms with van der Waals surface area (Å²) in [7, 11) is 1.25. The molecule has 1 aromatic heterocycles. The highest BCUT2D eigenvalue weighted by Gasteiger charge is 2.35. The van der Waals surface area contributed by atoms with Crippen molar-refractivity contribution in [2.45, 2.75) is 44.9 Å². The minimum absolute atomic E-state index is 0.0577. The van der Waals surface area contributed by atoms with Crippen LogP contribution in [0.2, 0.25) is 0 Å². The number of aromatic nitrogens is 2. The van der Waals surface area contributed by atoms with E-state index in [1.165, 1.54) is 7.11 Å². The SMILES string of the molecule is COC(=O)Cc1ccccc1C#Cc1nc(Nc2ccc(C3CN(C(=O)OC(C)(C)C)C3)cc2)ncc1C(F)(F)F. The number of likely N-dealkylation sites (tertiary alicyclic amines) is 1. The van der Waals surface area contributed by atoms with Gasteiger partial charge in [-0.15, -0.1) is 0 Å². The number of ether oxygens (including phenoxy) is 2. The van der Waals surface area contributed by atoms with Gasteiger partial charge in [0, 0.05) is 36.5 Å². The summed E-state index contributed by atoms with van der Waals surface area (Å²) >= 11 is 0. The number of hydrogen-bond acceptors (Lipinski definition) is 7. The van der Waals surface area contributed by atoms with Crippen LogP contribution in [-0.4, -0.2) is 52.7 Å². The van der Waals surface area contributed by atoms with Gasteiger partial charge < -0.3 is 19.7 Å². The monoisotopic (exact) mass is 566 g/mol. The Morgan fingerprint density at radius 1 is 1.05 bits per heavy atom. The maximum absolute atomic E-state index is 13.7. The van der Waals surface area contributed by atoms with E-state index in [0.29, 0.717) is 36.1 Å². The van der Waals surface area contributed by atoms with Gasteiger partial charge in [0.05, 0.1) is 13.5 Å². The minimum Gasteiger partial charge on any atom is -0.469 e. The van der Waals surface area contributed by atoms with E-state index in [1.807, 2.05) is 32.9 Å². The fraction of sp³-hybridized carbons (Fsp3) is 0.333. The average Bonchev–Trinajstić information content (AvgIpc) is 2.86. The Balaban J connectivity index is 1.49. The van der Waals surface area contributed by atoms with Gasteiger partial charge in [-0.1, -0.05) is 36.3 Å². The molecule has 0 radical (unpaired) electrons. The molecule has 1 aliphatic rings. The fourth-order valence-corrected chi connectivity index (χ4v) is 4.03. The van der Waals surface area contributed by atoms with E-state index in [2.05, 4.69) is 31.9 Å². The van der Waals surface area contributed by atoms with Gasteiger partial charge >= 0.3 is 18.2 Å². The fourth-order valence-electron chi connectivity index (χ4n) is 4.03. The molecule has 1 amide bonds. The lowest BCUT2D eigenvalue weighted by molar-refractivity contribution is -0.140. The topological polar surface area (TPSA) is 93.7 Å². The Kier molecular flexibility index (Phi) is 8.52. The highest BCUT2D eigenvalue weighted by Crippen LogP contribution is 2.32. The maximum atomic E-state index is 13.7. The third-order valence-corrected chi connectivity index (χ3v) is 6.16. The van der Waals surface area contributed by atoms with E-state index in [-0.39, 0.29) is 24.4 Å². The van der Waals surface area contributed by atoms with Crippen LogP contribution in [0.15, 0.2) is 54.7 Å². The van der Waals surface area contributed by atoms with Gasteiger partial charge in [0.25, 0.3) is 0 Å². The molecule has 8 nitrogen and oxygen atoms in total. The highest BCUT2D eigenvalue weighted by molar-refractivity contribution is 5.73. The first-order valence-corrected chi connectivity index (χ1v) is 12.8. The molecule has 2 aromatic carbocycles. The molecule has 2 heterocycles. The normalized spacial score (nSPS) is 13.5. The number of nitrogens with one attached hydrogen (secondary N) is 1. The van der Waals surface area contributed by atoms with Crippen molar-refractivity contribution in [2.24, 2.45) is 0 Å². The molecule has 0 atom stereocenters. The number of amides is 1. The molecule has 1 saturated heterocycles. The smallest absolute Gasteiger partial charge is 0.420 e. The van der Waals surface area contributed by atoms with Crippen molar-refractivity contribution >= 4 is 23.7 Å². The number of methoxy groups -OCH3 is 1. The summed E-state index contributed by atoms with van der Waals surface area (Å²) in [6.07, 6.45) is -4.45. The Bertz CT molecular complexity index is 1480.